The lowest BCUT2D eigenvalue weighted by molar-refractivity contribution is -0.179. The van der Waals surface area contributed by atoms with Crippen LogP contribution in [0.3, 0.4) is 0 Å². The van der Waals surface area contributed by atoms with Gasteiger partial charge in [0.1, 0.15) is 0 Å². The van der Waals surface area contributed by atoms with E-state index in [1.165, 1.54) is 70.6 Å². The Balaban J connectivity index is 2.01. The number of allylic oxidation sites excluding steroid dienone is 3. The van der Waals surface area contributed by atoms with Gasteiger partial charge < -0.3 is 14.6 Å². The van der Waals surface area contributed by atoms with Crippen LogP contribution in [-0.2, 0) is 9.47 Å². The molecule has 0 aromatic rings. The zero-order chi connectivity index (χ0) is 20.1. The van der Waals surface area contributed by atoms with Crippen molar-refractivity contribution in [2.75, 3.05) is 13.2 Å². The summed E-state index contributed by atoms with van der Waals surface area (Å²) in [5.74, 6) is 0. The van der Waals surface area contributed by atoms with E-state index in [9.17, 15) is 0 Å². The maximum absolute atomic E-state index is 8.73. The zero-order valence-corrected chi connectivity index (χ0v) is 18.5. The molecular formula is C25H46O3. The van der Waals surface area contributed by atoms with E-state index < -0.39 is 0 Å². The second kappa shape index (κ2) is 19.7. The Kier molecular flexibility index (Phi) is 17.8. The van der Waals surface area contributed by atoms with Crippen molar-refractivity contribution < 1.29 is 14.6 Å². The number of hydrogen-bond acceptors (Lipinski definition) is 3. The van der Waals surface area contributed by atoms with E-state index in [2.05, 4.69) is 31.2 Å². The minimum atomic E-state index is 0.0176. The molecular weight excluding hydrogens is 348 g/mol. The molecule has 1 N–H and O–H groups in total. The van der Waals surface area contributed by atoms with Gasteiger partial charge in [0.05, 0.1) is 6.10 Å². The van der Waals surface area contributed by atoms with Crippen LogP contribution in [-0.4, -0.2) is 30.7 Å². The molecule has 1 aliphatic rings. The SMILES string of the molecule is CCCC[C@H](C=CCCCCCCCC=CCCCCO)OC1CCCCO1. The third-order valence-corrected chi connectivity index (χ3v) is 5.34. The van der Waals surface area contributed by atoms with E-state index in [0.717, 1.165) is 38.7 Å². The van der Waals surface area contributed by atoms with Crippen LogP contribution in [0.15, 0.2) is 24.3 Å². The zero-order valence-electron chi connectivity index (χ0n) is 18.5. The first-order valence-electron chi connectivity index (χ1n) is 12.1. The van der Waals surface area contributed by atoms with Crippen LogP contribution in [0.1, 0.15) is 110 Å². The molecule has 0 spiro atoms. The van der Waals surface area contributed by atoms with Gasteiger partial charge in [-0.1, -0.05) is 63.3 Å². The van der Waals surface area contributed by atoms with Crippen LogP contribution in [0.2, 0.25) is 0 Å². The maximum atomic E-state index is 8.73. The molecule has 2 atom stereocenters. The average Bonchev–Trinajstić information content (AvgIpc) is 2.72. The van der Waals surface area contributed by atoms with Crippen LogP contribution in [0, 0.1) is 0 Å². The van der Waals surface area contributed by atoms with Gasteiger partial charge in [0.2, 0.25) is 0 Å². The van der Waals surface area contributed by atoms with E-state index in [4.69, 9.17) is 14.6 Å². The highest BCUT2D eigenvalue weighted by Crippen LogP contribution is 2.19. The van der Waals surface area contributed by atoms with Crippen molar-refractivity contribution in [1.82, 2.24) is 0 Å². The second-order valence-electron chi connectivity index (χ2n) is 8.08. The first kappa shape index (κ1) is 25.4. The Labute approximate surface area is 174 Å². The van der Waals surface area contributed by atoms with E-state index in [0.29, 0.717) is 6.61 Å². The second-order valence-corrected chi connectivity index (χ2v) is 8.08. The van der Waals surface area contributed by atoms with Gasteiger partial charge in [-0.15, -0.1) is 0 Å². The molecule has 1 saturated heterocycles. The molecule has 0 aliphatic carbocycles. The van der Waals surface area contributed by atoms with Crippen molar-refractivity contribution in [2.24, 2.45) is 0 Å². The summed E-state index contributed by atoms with van der Waals surface area (Å²) in [6.45, 7) is 3.42. The molecule has 1 fully saturated rings. The molecule has 3 nitrogen and oxygen atoms in total. The third kappa shape index (κ3) is 15.3. The quantitative estimate of drug-likeness (QED) is 0.199. The van der Waals surface area contributed by atoms with Crippen molar-refractivity contribution in [1.29, 1.82) is 0 Å². The van der Waals surface area contributed by atoms with Gasteiger partial charge in [-0.05, 0) is 70.6 Å². The lowest BCUT2D eigenvalue weighted by Gasteiger charge is -2.26. The molecule has 0 radical (unpaired) electrons. The normalized spacial score (nSPS) is 19.0. The van der Waals surface area contributed by atoms with Crippen LogP contribution < -0.4 is 0 Å². The number of unbranched alkanes of at least 4 members (excludes halogenated alkanes) is 9. The highest BCUT2D eigenvalue weighted by molar-refractivity contribution is 4.90. The Bertz CT molecular complexity index is 372. The lowest BCUT2D eigenvalue weighted by atomic mass is 10.1. The number of aliphatic hydroxyl groups excluding tert-OH is 1. The summed E-state index contributed by atoms with van der Waals surface area (Å²) in [5, 5.41) is 8.73. The summed E-state index contributed by atoms with van der Waals surface area (Å²) >= 11 is 0. The molecule has 1 aliphatic heterocycles. The van der Waals surface area contributed by atoms with Crippen LogP contribution in [0.4, 0.5) is 0 Å². The first-order valence-corrected chi connectivity index (χ1v) is 12.1. The smallest absolute Gasteiger partial charge is 0.158 e. The van der Waals surface area contributed by atoms with Crippen molar-refractivity contribution >= 4 is 0 Å². The highest BCUT2D eigenvalue weighted by atomic mass is 16.7. The fraction of sp³-hybridized carbons (Fsp3) is 0.840. The maximum Gasteiger partial charge on any atom is 0.158 e. The molecule has 0 bridgehead atoms. The summed E-state index contributed by atoms with van der Waals surface area (Å²) in [6, 6.07) is 0. The molecule has 164 valence electrons. The summed E-state index contributed by atoms with van der Waals surface area (Å²) in [6.07, 6.45) is 28.6. The van der Waals surface area contributed by atoms with E-state index in [1.54, 1.807) is 0 Å². The summed E-state index contributed by atoms with van der Waals surface area (Å²) < 4.78 is 11.9. The molecule has 3 heteroatoms. The largest absolute Gasteiger partial charge is 0.396 e. The highest BCUT2D eigenvalue weighted by Gasteiger charge is 2.17. The minimum Gasteiger partial charge on any atom is -0.396 e. The van der Waals surface area contributed by atoms with Crippen LogP contribution in [0.25, 0.3) is 0 Å². The van der Waals surface area contributed by atoms with Crippen molar-refractivity contribution in [3.05, 3.63) is 24.3 Å². The predicted octanol–water partition coefficient (Wildman–Crippen LogP) is 7.09. The summed E-state index contributed by atoms with van der Waals surface area (Å²) in [7, 11) is 0. The van der Waals surface area contributed by atoms with Gasteiger partial charge in [0.25, 0.3) is 0 Å². The van der Waals surface area contributed by atoms with Gasteiger partial charge in [-0.25, -0.2) is 0 Å². The molecule has 28 heavy (non-hydrogen) atoms. The molecule has 1 rings (SSSR count). The van der Waals surface area contributed by atoms with Gasteiger partial charge in [-0.3, -0.25) is 0 Å². The fourth-order valence-corrected chi connectivity index (χ4v) is 3.54. The Morgan fingerprint density at radius 2 is 1.57 bits per heavy atom. The van der Waals surface area contributed by atoms with E-state index >= 15 is 0 Å². The summed E-state index contributed by atoms with van der Waals surface area (Å²) in [4.78, 5) is 0. The lowest BCUT2D eigenvalue weighted by Crippen LogP contribution is -2.27. The molecule has 0 saturated carbocycles. The van der Waals surface area contributed by atoms with Crippen molar-refractivity contribution in [3.8, 4) is 0 Å². The number of aliphatic hydroxyl groups is 1. The van der Waals surface area contributed by atoms with Crippen LogP contribution in [0.5, 0.6) is 0 Å². The average molecular weight is 395 g/mol. The number of ether oxygens (including phenoxy) is 2. The molecule has 0 aromatic heterocycles. The summed E-state index contributed by atoms with van der Waals surface area (Å²) in [5.41, 5.74) is 0. The van der Waals surface area contributed by atoms with E-state index in [1.807, 2.05) is 0 Å². The Morgan fingerprint density at radius 1 is 0.893 bits per heavy atom. The third-order valence-electron chi connectivity index (χ3n) is 5.34. The van der Waals surface area contributed by atoms with Crippen molar-refractivity contribution in [3.63, 3.8) is 0 Å². The fourth-order valence-electron chi connectivity index (χ4n) is 3.54. The Morgan fingerprint density at radius 3 is 2.21 bits per heavy atom. The first-order chi connectivity index (χ1) is 13.9. The molecule has 1 heterocycles. The predicted molar refractivity (Wildman–Crippen MR) is 120 cm³/mol. The Hall–Kier alpha value is -0.640. The minimum absolute atomic E-state index is 0.0176. The number of rotatable bonds is 18. The number of hydrogen-bond donors (Lipinski definition) is 1. The van der Waals surface area contributed by atoms with Gasteiger partial charge in [0.15, 0.2) is 6.29 Å². The molecule has 1 unspecified atom stereocenters. The molecule has 0 amide bonds. The standard InChI is InChI=1S/C25H46O3/c1-2-3-19-24(28-25-21-16-18-23-27-25)20-15-13-11-9-7-5-4-6-8-10-12-14-17-22-26/h8,10,15,20,24-26H,2-7,9,11-14,16-19,21-23H2,1H3/t24-,25?/m1/s1. The monoisotopic (exact) mass is 394 g/mol. The topological polar surface area (TPSA) is 38.7 Å². The van der Waals surface area contributed by atoms with Gasteiger partial charge in [0, 0.05) is 13.2 Å². The van der Waals surface area contributed by atoms with Gasteiger partial charge >= 0.3 is 0 Å². The van der Waals surface area contributed by atoms with Gasteiger partial charge in [-0.2, -0.15) is 0 Å². The van der Waals surface area contributed by atoms with E-state index in [-0.39, 0.29) is 12.4 Å². The van der Waals surface area contributed by atoms with Crippen molar-refractivity contribution in [2.45, 2.75) is 122 Å². The molecule has 0 aromatic carbocycles. The van der Waals surface area contributed by atoms with Crippen LogP contribution >= 0.6 is 0 Å².